The topological polar surface area (TPSA) is 41.3 Å². The molecule has 0 unspecified atom stereocenters. The van der Waals surface area contributed by atoms with Crippen molar-refractivity contribution in [3.8, 4) is 5.69 Å². The summed E-state index contributed by atoms with van der Waals surface area (Å²) >= 11 is 0. The number of aliphatic hydroxyl groups is 1. The molecule has 0 saturated carbocycles. The van der Waals surface area contributed by atoms with E-state index in [0.717, 1.165) is 22.8 Å². The van der Waals surface area contributed by atoms with Gasteiger partial charge in [0, 0.05) is 18.7 Å². The number of benzene rings is 1. The highest BCUT2D eigenvalue weighted by Crippen LogP contribution is 2.27. The zero-order valence-electron chi connectivity index (χ0n) is 12.0. The van der Waals surface area contributed by atoms with E-state index in [1.807, 2.05) is 49.0 Å². The predicted molar refractivity (Wildman–Crippen MR) is 77.8 cm³/mol. The maximum Gasteiger partial charge on any atom is 0.138 e. The minimum absolute atomic E-state index is 0.00502. The van der Waals surface area contributed by atoms with E-state index >= 15 is 0 Å². The van der Waals surface area contributed by atoms with E-state index < -0.39 is 0 Å². The third-order valence-electron chi connectivity index (χ3n) is 3.42. The maximum atomic E-state index is 9.61. The Morgan fingerprint density at radius 2 is 1.89 bits per heavy atom. The molecule has 0 spiro atoms. The van der Waals surface area contributed by atoms with Crippen LogP contribution in [0.15, 0.2) is 30.3 Å². The van der Waals surface area contributed by atoms with Crippen molar-refractivity contribution in [2.75, 3.05) is 11.9 Å². The first kappa shape index (κ1) is 13.6. The third-order valence-corrected chi connectivity index (χ3v) is 3.42. The third kappa shape index (κ3) is 2.49. The summed E-state index contributed by atoms with van der Waals surface area (Å²) in [6.45, 7) is 6.19. The molecule has 0 radical (unpaired) electrons. The van der Waals surface area contributed by atoms with Crippen molar-refractivity contribution < 1.29 is 5.11 Å². The lowest BCUT2D eigenvalue weighted by molar-refractivity contribution is 0.281. The monoisotopic (exact) mass is 259 g/mol. The zero-order valence-corrected chi connectivity index (χ0v) is 12.0. The molecule has 0 fully saturated rings. The van der Waals surface area contributed by atoms with Crippen LogP contribution in [0.2, 0.25) is 0 Å². The van der Waals surface area contributed by atoms with E-state index in [1.54, 1.807) is 0 Å². The number of hydrogen-bond acceptors (Lipinski definition) is 3. The van der Waals surface area contributed by atoms with Crippen molar-refractivity contribution in [1.29, 1.82) is 0 Å². The second-order valence-electron chi connectivity index (χ2n) is 5.00. The Bertz CT molecular complexity index is 546. The second kappa shape index (κ2) is 5.45. The average molecular weight is 259 g/mol. The number of anilines is 1. The van der Waals surface area contributed by atoms with E-state index in [9.17, 15) is 5.11 Å². The molecule has 102 valence electrons. The Kier molecular flexibility index (Phi) is 3.90. The van der Waals surface area contributed by atoms with Gasteiger partial charge in [-0.15, -0.1) is 0 Å². The van der Waals surface area contributed by atoms with Crippen LogP contribution in [0.4, 0.5) is 5.82 Å². The van der Waals surface area contributed by atoms with Crippen LogP contribution >= 0.6 is 0 Å². The number of aryl methyl sites for hydroxylation is 1. The highest BCUT2D eigenvalue weighted by Gasteiger charge is 2.20. The first-order valence-electron chi connectivity index (χ1n) is 6.54. The van der Waals surface area contributed by atoms with Gasteiger partial charge in [-0.05, 0) is 32.9 Å². The summed E-state index contributed by atoms with van der Waals surface area (Å²) in [4.78, 5) is 2.14. The Labute approximate surface area is 114 Å². The normalized spacial score (nSPS) is 11.1. The molecule has 1 heterocycles. The summed E-state index contributed by atoms with van der Waals surface area (Å²) in [5.41, 5.74) is 2.77. The lowest BCUT2D eigenvalue weighted by atomic mass is 10.2. The Morgan fingerprint density at radius 1 is 1.26 bits per heavy atom. The molecular formula is C15H21N3O. The van der Waals surface area contributed by atoms with Crippen molar-refractivity contribution in [3.63, 3.8) is 0 Å². The summed E-state index contributed by atoms with van der Waals surface area (Å²) in [5, 5.41) is 14.2. The summed E-state index contributed by atoms with van der Waals surface area (Å²) in [6, 6.07) is 10.3. The number of hydrogen-bond donors (Lipinski definition) is 1. The van der Waals surface area contributed by atoms with Gasteiger partial charge in [0.25, 0.3) is 0 Å². The fourth-order valence-corrected chi connectivity index (χ4v) is 2.09. The lowest BCUT2D eigenvalue weighted by Gasteiger charge is -2.25. The first-order chi connectivity index (χ1) is 9.06. The molecule has 2 rings (SSSR count). The highest BCUT2D eigenvalue weighted by atomic mass is 16.3. The van der Waals surface area contributed by atoms with E-state index in [2.05, 4.69) is 23.8 Å². The molecule has 0 bridgehead atoms. The molecule has 1 aromatic carbocycles. The van der Waals surface area contributed by atoms with E-state index in [-0.39, 0.29) is 6.61 Å². The molecule has 0 atom stereocenters. The van der Waals surface area contributed by atoms with Crippen LogP contribution in [0.3, 0.4) is 0 Å². The second-order valence-corrected chi connectivity index (χ2v) is 5.00. The van der Waals surface area contributed by atoms with Gasteiger partial charge < -0.3 is 10.0 Å². The minimum Gasteiger partial charge on any atom is -0.391 e. The number of aromatic nitrogens is 2. The van der Waals surface area contributed by atoms with Crippen LogP contribution in [0.5, 0.6) is 0 Å². The minimum atomic E-state index is 0.00502. The summed E-state index contributed by atoms with van der Waals surface area (Å²) in [5.74, 6) is 0.959. The molecule has 0 aliphatic heterocycles. The van der Waals surface area contributed by atoms with Crippen LogP contribution in [0, 0.1) is 6.92 Å². The zero-order chi connectivity index (χ0) is 14.0. The highest BCUT2D eigenvalue weighted by molar-refractivity contribution is 5.55. The fraction of sp³-hybridized carbons (Fsp3) is 0.400. The van der Waals surface area contributed by atoms with Crippen molar-refractivity contribution in [3.05, 3.63) is 41.6 Å². The van der Waals surface area contributed by atoms with Gasteiger partial charge in [0.1, 0.15) is 5.82 Å². The van der Waals surface area contributed by atoms with Crippen molar-refractivity contribution >= 4 is 5.82 Å². The van der Waals surface area contributed by atoms with E-state index in [4.69, 9.17) is 0 Å². The summed E-state index contributed by atoms with van der Waals surface area (Å²) < 4.78 is 1.90. The van der Waals surface area contributed by atoms with Crippen LogP contribution < -0.4 is 4.90 Å². The molecule has 4 nitrogen and oxygen atoms in total. The first-order valence-corrected chi connectivity index (χ1v) is 6.54. The van der Waals surface area contributed by atoms with Crippen molar-refractivity contribution in [2.45, 2.75) is 33.4 Å². The van der Waals surface area contributed by atoms with Gasteiger partial charge in [-0.3, -0.25) is 0 Å². The molecule has 1 aromatic heterocycles. The van der Waals surface area contributed by atoms with Gasteiger partial charge in [0.2, 0.25) is 0 Å². The van der Waals surface area contributed by atoms with Crippen LogP contribution in [0.25, 0.3) is 5.69 Å². The summed E-state index contributed by atoms with van der Waals surface area (Å²) in [6.07, 6.45) is 0. The summed E-state index contributed by atoms with van der Waals surface area (Å²) in [7, 11) is 2.03. The molecule has 0 aliphatic rings. The molecular weight excluding hydrogens is 238 g/mol. The van der Waals surface area contributed by atoms with E-state index in [0.29, 0.717) is 6.04 Å². The van der Waals surface area contributed by atoms with Gasteiger partial charge in [0.05, 0.1) is 18.0 Å². The molecule has 0 saturated heterocycles. The van der Waals surface area contributed by atoms with E-state index in [1.165, 1.54) is 0 Å². The number of para-hydroxylation sites is 1. The van der Waals surface area contributed by atoms with Crippen LogP contribution in [-0.2, 0) is 6.61 Å². The molecule has 0 amide bonds. The quantitative estimate of drug-likeness (QED) is 0.917. The van der Waals surface area contributed by atoms with Crippen LogP contribution in [0.1, 0.15) is 25.1 Å². The standard InChI is InChI=1S/C15H21N3O/c1-11(2)17(4)15-14(10-19)12(3)16-18(15)13-8-6-5-7-9-13/h5-9,11,19H,10H2,1-4H3. The van der Waals surface area contributed by atoms with Gasteiger partial charge in [-0.25, -0.2) is 4.68 Å². The maximum absolute atomic E-state index is 9.61. The Hall–Kier alpha value is -1.81. The SMILES string of the molecule is Cc1nn(-c2ccccc2)c(N(C)C(C)C)c1CO. The smallest absolute Gasteiger partial charge is 0.138 e. The Balaban J connectivity index is 2.61. The fourth-order valence-electron chi connectivity index (χ4n) is 2.09. The average Bonchev–Trinajstić information content (AvgIpc) is 2.75. The van der Waals surface area contributed by atoms with Gasteiger partial charge >= 0.3 is 0 Å². The van der Waals surface area contributed by atoms with Crippen molar-refractivity contribution in [2.24, 2.45) is 0 Å². The van der Waals surface area contributed by atoms with Gasteiger partial charge in [-0.1, -0.05) is 18.2 Å². The lowest BCUT2D eigenvalue weighted by Crippen LogP contribution is -2.28. The number of aliphatic hydroxyl groups excluding tert-OH is 1. The molecule has 4 heteroatoms. The molecule has 2 aromatic rings. The number of rotatable bonds is 4. The van der Waals surface area contributed by atoms with Crippen LogP contribution in [-0.4, -0.2) is 28.0 Å². The molecule has 1 N–H and O–H groups in total. The number of nitrogens with zero attached hydrogens (tertiary/aromatic N) is 3. The predicted octanol–water partition coefficient (Wildman–Crippen LogP) is 2.52. The largest absolute Gasteiger partial charge is 0.391 e. The molecule has 19 heavy (non-hydrogen) atoms. The van der Waals surface area contributed by atoms with Gasteiger partial charge in [0.15, 0.2) is 0 Å². The Morgan fingerprint density at radius 3 is 2.42 bits per heavy atom. The van der Waals surface area contributed by atoms with Gasteiger partial charge in [-0.2, -0.15) is 5.10 Å². The van der Waals surface area contributed by atoms with Crippen molar-refractivity contribution in [1.82, 2.24) is 9.78 Å². The molecule has 0 aliphatic carbocycles.